The molecule has 1 aliphatic rings. The number of hydrogen-bond donors (Lipinski definition) is 1. The molecule has 0 atom stereocenters. The van der Waals surface area contributed by atoms with Gasteiger partial charge in [0.25, 0.3) is 0 Å². The molecule has 1 rings (SSSR count). The van der Waals surface area contributed by atoms with Gasteiger partial charge in [-0.05, 0) is 19.3 Å². The molecule has 0 aromatic rings. The number of halogens is 3. The Bertz CT molecular complexity index is 115. The van der Waals surface area contributed by atoms with Crippen LogP contribution in [0.5, 0.6) is 0 Å². The predicted molar refractivity (Wildman–Crippen MR) is 34.7 cm³/mol. The van der Waals surface area contributed by atoms with E-state index >= 15 is 0 Å². The smallest absolute Gasteiger partial charge is 0.448 e. The Morgan fingerprint density at radius 1 is 1.27 bits per heavy atom. The summed E-state index contributed by atoms with van der Waals surface area (Å²) in [4.78, 5) is 0. The molecule has 0 aromatic carbocycles. The third kappa shape index (κ3) is 5.65. The minimum atomic E-state index is -4.62. The van der Waals surface area contributed by atoms with Crippen LogP contribution in [0.2, 0.25) is 0 Å². The van der Waals surface area contributed by atoms with Gasteiger partial charge in [-0.1, -0.05) is 6.42 Å². The van der Waals surface area contributed by atoms with E-state index in [0.717, 1.165) is 19.3 Å². The molecule has 1 N–H and O–H groups in total. The first kappa shape index (κ1) is 12.5. The number of nitrogens with one attached hydrogen (secondary N) is 1. The Balaban J connectivity index is 0.000001000. The van der Waals surface area contributed by atoms with Crippen LogP contribution >= 0.6 is 0 Å². The van der Waals surface area contributed by atoms with Crippen molar-refractivity contribution in [1.82, 2.24) is 5.32 Å². The molecular weight excluding hydrogens is 181 g/mol. The van der Waals surface area contributed by atoms with Crippen molar-refractivity contribution in [3.63, 3.8) is 0 Å². The van der Waals surface area contributed by atoms with E-state index in [0.29, 0.717) is 0 Å². The molecule has 0 unspecified atom stereocenters. The molecule has 0 saturated heterocycles. The van der Waals surface area contributed by atoms with Gasteiger partial charge < -0.3 is 18.3 Å². The van der Waals surface area contributed by atoms with Crippen molar-refractivity contribution in [3.8, 4) is 0 Å². The largest absolute Gasteiger partial charge is 1.00 e. The second-order valence-corrected chi connectivity index (χ2v) is 2.75. The van der Waals surface area contributed by atoms with Crippen LogP contribution in [0.3, 0.4) is 0 Å². The fourth-order valence-electron chi connectivity index (χ4n) is 0.913. The van der Waals surface area contributed by atoms with Crippen molar-refractivity contribution < 1.29 is 64.3 Å². The quantitative estimate of drug-likeness (QED) is 0.536. The van der Waals surface area contributed by atoms with Gasteiger partial charge in [0.05, 0.1) is 0 Å². The zero-order valence-electron chi connectivity index (χ0n) is 6.62. The topological polar surface area (TPSA) is 12.0 Å². The average molecular weight is 191 g/mol. The predicted octanol–water partition coefficient (Wildman–Crippen LogP) is -1.48. The van der Waals surface area contributed by atoms with Crippen molar-refractivity contribution >= 4 is 6.98 Å². The summed E-state index contributed by atoms with van der Waals surface area (Å²) >= 11 is 0. The van der Waals surface area contributed by atoms with Crippen LogP contribution in [0, 0.1) is 0 Å². The fraction of sp³-hybridized carbons (Fsp3) is 1.00. The number of rotatable bonds is 3. The maximum atomic E-state index is 11.6. The first-order valence-corrected chi connectivity index (χ1v) is 3.52. The van der Waals surface area contributed by atoms with Crippen LogP contribution in [0.25, 0.3) is 0 Å². The minimum Gasteiger partial charge on any atom is -0.448 e. The molecule has 0 spiro atoms. The van der Waals surface area contributed by atoms with Crippen LogP contribution in [0.15, 0.2) is 0 Å². The molecule has 60 valence electrons. The van der Waals surface area contributed by atoms with Crippen molar-refractivity contribution in [2.75, 3.05) is 6.44 Å². The Kier molecular flexibility index (Phi) is 5.93. The van der Waals surface area contributed by atoms with Crippen LogP contribution in [0.4, 0.5) is 12.9 Å². The summed E-state index contributed by atoms with van der Waals surface area (Å²) in [5, 5.41) is 2.46. The maximum Gasteiger partial charge on any atom is 1.00 e. The van der Waals surface area contributed by atoms with E-state index < -0.39 is 13.4 Å². The van der Waals surface area contributed by atoms with Crippen LogP contribution in [0.1, 0.15) is 19.3 Å². The molecule has 1 nitrogen and oxygen atoms in total. The Hall–Kier alpha value is 1.45. The molecular formula is C5H10BF3KN. The van der Waals surface area contributed by atoms with Crippen molar-refractivity contribution in [2.45, 2.75) is 25.3 Å². The monoisotopic (exact) mass is 191 g/mol. The van der Waals surface area contributed by atoms with E-state index in [1.165, 1.54) is 0 Å². The van der Waals surface area contributed by atoms with Gasteiger partial charge in [-0.2, -0.15) is 0 Å². The first-order valence-electron chi connectivity index (χ1n) is 3.52. The summed E-state index contributed by atoms with van der Waals surface area (Å²) in [7, 11) is 0. The van der Waals surface area contributed by atoms with E-state index in [1.54, 1.807) is 0 Å². The molecule has 0 radical (unpaired) electrons. The van der Waals surface area contributed by atoms with Crippen molar-refractivity contribution in [3.05, 3.63) is 0 Å². The fourth-order valence-corrected chi connectivity index (χ4v) is 0.913. The second kappa shape index (κ2) is 5.24. The van der Waals surface area contributed by atoms with Gasteiger partial charge in [0.1, 0.15) is 0 Å². The molecule has 1 aliphatic carbocycles. The molecule has 11 heavy (non-hydrogen) atoms. The van der Waals surface area contributed by atoms with Gasteiger partial charge >= 0.3 is 58.4 Å². The van der Waals surface area contributed by atoms with E-state index in [2.05, 4.69) is 5.32 Å². The van der Waals surface area contributed by atoms with Gasteiger partial charge in [0.15, 0.2) is 0 Å². The second-order valence-electron chi connectivity index (χ2n) is 2.75. The molecule has 0 aliphatic heterocycles. The van der Waals surface area contributed by atoms with E-state index in [1.807, 2.05) is 0 Å². The normalized spacial score (nSPS) is 18.8. The Morgan fingerprint density at radius 2 is 1.82 bits per heavy atom. The zero-order valence-corrected chi connectivity index (χ0v) is 9.74. The van der Waals surface area contributed by atoms with Crippen molar-refractivity contribution in [2.24, 2.45) is 0 Å². The van der Waals surface area contributed by atoms with Gasteiger partial charge in [0, 0.05) is 6.04 Å². The van der Waals surface area contributed by atoms with E-state index in [-0.39, 0.29) is 57.4 Å². The van der Waals surface area contributed by atoms with Gasteiger partial charge in [-0.3, -0.25) is 0 Å². The molecule has 6 heteroatoms. The maximum absolute atomic E-state index is 11.6. The molecule has 1 fully saturated rings. The zero-order chi connectivity index (χ0) is 7.61. The third-order valence-electron chi connectivity index (χ3n) is 1.74. The summed E-state index contributed by atoms with van der Waals surface area (Å²) in [6.45, 7) is -4.62. The van der Waals surface area contributed by atoms with Crippen LogP contribution < -0.4 is 56.7 Å². The Labute approximate surface area is 107 Å². The number of hydrogen-bond acceptors (Lipinski definition) is 1. The summed E-state index contributed by atoms with van der Waals surface area (Å²) in [6, 6.07) is 0.142. The molecule has 0 amide bonds. The van der Waals surface area contributed by atoms with Gasteiger partial charge in [-0.25, -0.2) is 0 Å². The van der Waals surface area contributed by atoms with E-state index in [9.17, 15) is 12.9 Å². The van der Waals surface area contributed by atoms with Gasteiger partial charge in [0.2, 0.25) is 0 Å². The standard InChI is InChI=1S/C5H10BF3N.K/c7-6(8,9)4-10-5-2-1-3-5;/h5,10H,1-4H2;/q-1;+1. The Morgan fingerprint density at radius 3 is 2.09 bits per heavy atom. The average Bonchev–Trinajstić information content (AvgIpc) is 1.56. The van der Waals surface area contributed by atoms with Crippen LogP contribution in [-0.2, 0) is 0 Å². The molecule has 1 saturated carbocycles. The summed E-state index contributed by atoms with van der Waals surface area (Å²) in [5.74, 6) is 0. The minimum absolute atomic E-state index is 0. The first-order chi connectivity index (χ1) is 4.58. The van der Waals surface area contributed by atoms with Crippen molar-refractivity contribution in [1.29, 1.82) is 0 Å². The van der Waals surface area contributed by atoms with E-state index in [4.69, 9.17) is 0 Å². The molecule has 0 bridgehead atoms. The summed E-state index contributed by atoms with van der Waals surface area (Å²) < 4.78 is 34.7. The third-order valence-corrected chi connectivity index (χ3v) is 1.74. The summed E-state index contributed by atoms with van der Waals surface area (Å²) in [6.07, 6.45) is 2.12. The van der Waals surface area contributed by atoms with Crippen LogP contribution in [-0.4, -0.2) is 19.5 Å². The molecule has 0 aromatic heterocycles. The molecule has 0 heterocycles. The summed E-state index contributed by atoms with van der Waals surface area (Å²) in [5.41, 5.74) is 0. The van der Waals surface area contributed by atoms with Gasteiger partial charge in [-0.15, -0.1) is 0 Å². The SMILES string of the molecule is F[B-](F)(F)CNC1CCC1.[K+].